The molecule has 2 aliphatic heterocycles. The van der Waals surface area contributed by atoms with E-state index in [4.69, 9.17) is 4.74 Å². The highest BCUT2D eigenvalue weighted by Crippen LogP contribution is 2.40. The van der Waals surface area contributed by atoms with Crippen LogP contribution in [0.1, 0.15) is 59.8 Å². The van der Waals surface area contributed by atoms with Crippen LogP contribution in [0.25, 0.3) is 0 Å². The predicted octanol–water partition coefficient (Wildman–Crippen LogP) is 2.25. The molecule has 0 radical (unpaired) electrons. The maximum atomic E-state index is 12.7. The van der Waals surface area contributed by atoms with Crippen LogP contribution in [0.2, 0.25) is 0 Å². The Hall–Kier alpha value is -1.14. The number of carbonyl (C=O) groups is 2. The van der Waals surface area contributed by atoms with E-state index in [9.17, 15) is 19.8 Å². The Morgan fingerprint density at radius 1 is 1.29 bits per heavy atom. The molecule has 0 aromatic carbocycles. The average Bonchev–Trinajstić information content (AvgIpc) is 2.51. The molecule has 24 heavy (non-hydrogen) atoms. The van der Waals surface area contributed by atoms with Gasteiger partial charge in [-0.3, -0.25) is 4.79 Å². The van der Waals surface area contributed by atoms with Gasteiger partial charge in [0.15, 0.2) is 5.79 Å². The van der Waals surface area contributed by atoms with Crippen LogP contribution in [0, 0.1) is 17.8 Å². The van der Waals surface area contributed by atoms with Crippen molar-refractivity contribution in [2.24, 2.45) is 17.8 Å². The van der Waals surface area contributed by atoms with Crippen LogP contribution in [0.3, 0.4) is 0 Å². The number of nitrogens with zero attached hydrogens (tertiary/aromatic N) is 1. The van der Waals surface area contributed by atoms with Gasteiger partial charge in [-0.1, -0.05) is 27.7 Å². The van der Waals surface area contributed by atoms with Crippen molar-refractivity contribution in [2.45, 2.75) is 77.7 Å². The summed E-state index contributed by atoms with van der Waals surface area (Å²) in [6.07, 6.45) is 2.60. The largest absolute Gasteiger partial charge is 0.480 e. The Labute approximate surface area is 144 Å². The zero-order chi connectivity index (χ0) is 18.1. The molecule has 2 fully saturated rings. The number of rotatable bonds is 4. The minimum absolute atomic E-state index is 0.101. The summed E-state index contributed by atoms with van der Waals surface area (Å²) in [4.78, 5) is 25.5. The van der Waals surface area contributed by atoms with E-state index in [1.54, 1.807) is 0 Å². The molecule has 1 amide bonds. The van der Waals surface area contributed by atoms with E-state index < -0.39 is 17.8 Å². The lowest BCUT2D eigenvalue weighted by Gasteiger charge is -2.47. The van der Waals surface area contributed by atoms with E-state index in [0.29, 0.717) is 18.9 Å². The van der Waals surface area contributed by atoms with E-state index in [2.05, 4.69) is 6.92 Å². The molecule has 2 aliphatic rings. The van der Waals surface area contributed by atoms with Gasteiger partial charge in [0, 0.05) is 12.5 Å². The van der Waals surface area contributed by atoms with Crippen molar-refractivity contribution in [2.75, 3.05) is 6.54 Å². The second kappa shape index (κ2) is 7.40. The summed E-state index contributed by atoms with van der Waals surface area (Å²) in [6, 6.07) is -0.784. The molecule has 0 saturated carbocycles. The number of carboxylic acids is 1. The second-order valence-corrected chi connectivity index (χ2v) is 7.90. The van der Waals surface area contributed by atoms with E-state index in [0.717, 1.165) is 19.3 Å². The first-order valence-corrected chi connectivity index (χ1v) is 9.08. The second-order valence-electron chi connectivity index (χ2n) is 7.90. The number of hydrogen-bond donors (Lipinski definition) is 2. The number of piperidine rings is 1. The third-order valence-corrected chi connectivity index (χ3v) is 5.57. The van der Waals surface area contributed by atoms with Crippen molar-refractivity contribution < 1.29 is 24.5 Å². The maximum absolute atomic E-state index is 12.7. The summed E-state index contributed by atoms with van der Waals surface area (Å²) < 4.78 is 5.98. The summed E-state index contributed by atoms with van der Waals surface area (Å²) in [5.41, 5.74) is 0. The molecule has 2 N–H and O–H groups in total. The fraction of sp³-hybridized carbons (Fsp3) is 0.889. The van der Waals surface area contributed by atoms with Crippen LogP contribution >= 0.6 is 0 Å². The van der Waals surface area contributed by atoms with Gasteiger partial charge in [0.1, 0.15) is 6.04 Å². The predicted molar refractivity (Wildman–Crippen MR) is 89.2 cm³/mol. The number of aliphatic hydroxyl groups is 1. The molecule has 0 aromatic rings. The number of ether oxygens (including phenoxy) is 1. The molecule has 5 atom stereocenters. The summed E-state index contributed by atoms with van der Waals surface area (Å²) in [6.45, 7) is 8.53. The standard InChI is InChI=1S/C18H31NO5/c1-11(2)16-12(3)9-13(4)18(23,24-16)10-15(20)19-8-6-5-7-14(19)17(21)22/h11-14,16,23H,5-10H2,1-4H3,(H,21,22)/t12?,13-,14+,16?,18+/m1/s1. The molecule has 2 heterocycles. The van der Waals surface area contributed by atoms with Gasteiger partial charge < -0.3 is 19.8 Å². The van der Waals surface area contributed by atoms with Gasteiger partial charge in [-0.25, -0.2) is 4.79 Å². The normalized spacial score (nSPS) is 37.5. The monoisotopic (exact) mass is 341 g/mol. The summed E-state index contributed by atoms with van der Waals surface area (Å²) >= 11 is 0. The Balaban J connectivity index is 2.12. The Morgan fingerprint density at radius 2 is 1.96 bits per heavy atom. The van der Waals surface area contributed by atoms with E-state index >= 15 is 0 Å². The lowest BCUT2D eigenvalue weighted by Crippen LogP contribution is -2.56. The molecule has 2 rings (SSSR count). The van der Waals surface area contributed by atoms with Crippen molar-refractivity contribution in [3.63, 3.8) is 0 Å². The van der Waals surface area contributed by atoms with Crippen LogP contribution in [0.5, 0.6) is 0 Å². The fourth-order valence-electron chi connectivity index (χ4n) is 4.16. The first-order chi connectivity index (χ1) is 11.2. The van der Waals surface area contributed by atoms with Crippen LogP contribution in [-0.2, 0) is 14.3 Å². The van der Waals surface area contributed by atoms with Gasteiger partial charge in [0.05, 0.1) is 12.5 Å². The number of carbonyl (C=O) groups excluding carboxylic acids is 1. The quantitative estimate of drug-likeness (QED) is 0.819. The molecule has 0 aliphatic carbocycles. The van der Waals surface area contributed by atoms with E-state index in [-0.39, 0.29) is 30.3 Å². The molecule has 0 bridgehead atoms. The smallest absolute Gasteiger partial charge is 0.326 e. The first-order valence-electron chi connectivity index (χ1n) is 9.08. The van der Waals surface area contributed by atoms with Gasteiger partial charge in [0.2, 0.25) is 5.91 Å². The molecular weight excluding hydrogens is 310 g/mol. The molecule has 138 valence electrons. The van der Waals surface area contributed by atoms with Crippen LogP contribution in [0.4, 0.5) is 0 Å². The summed E-state index contributed by atoms with van der Waals surface area (Å²) in [7, 11) is 0. The highest BCUT2D eigenvalue weighted by atomic mass is 16.6. The number of hydrogen-bond acceptors (Lipinski definition) is 4. The average molecular weight is 341 g/mol. The number of likely N-dealkylation sites (tertiary alicyclic amines) is 1. The molecule has 2 saturated heterocycles. The van der Waals surface area contributed by atoms with Gasteiger partial charge in [-0.2, -0.15) is 0 Å². The fourth-order valence-corrected chi connectivity index (χ4v) is 4.16. The number of aliphatic carboxylic acids is 1. The van der Waals surface area contributed by atoms with Crippen molar-refractivity contribution in [1.82, 2.24) is 4.90 Å². The number of amides is 1. The zero-order valence-electron chi connectivity index (χ0n) is 15.2. The van der Waals surface area contributed by atoms with Gasteiger partial charge in [-0.05, 0) is 37.5 Å². The highest BCUT2D eigenvalue weighted by Gasteiger charge is 2.47. The summed E-state index contributed by atoms with van der Waals surface area (Å²) in [5.74, 6) is -2.42. The van der Waals surface area contributed by atoms with Crippen molar-refractivity contribution in [3.05, 3.63) is 0 Å². The first kappa shape index (κ1) is 19.2. The third-order valence-electron chi connectivity index (χ3n) is 5.57. The van der Waals surface area contributed by atoms with Crippen LogP contribution < -0.4 is 0 Å². The maximum Gasteiger partial charge on any atom is 0.326 e. The molecule has 6 heteroatoms. The molecular formula is C18H31NO5. The number of carboxylic acid groups (broad SMARTS) is 1. The SMILES string of the molecule is CC(C)C1O[C@@](O)(CC(=O)N2CCCC[C@H]2C(=O)O)[C@H](C)CC1C. The van der Waals surface area contributed by atoms with E-state index in [1.165, 1.54) is 4.90 Å². The molecule has 0 spiro atoms. The van der Waals surface area contributed by atoms with Crippen LogP contribution in [-0.4, -0.2) is 51.5 Å². The lowest BCUT2D eigenvalue weighted by molar-refractivity contribution is -0.300. The highest BCUT2D eigenvalue weighted by molar-refractivity contribution is 5.84. The topological polar surface area (TPSA) is 87.1 Å². The lowest BCUT2D eigenvalue weighted by atomic mass is 9.79. The van der Waals surface area contributed by atoms with Gasteiger partial charge >= 0.3 is 5.97 Å². The summed E-state index contributed by atoms with van der Waals surface area (Å²) in [5, 5.41) is 20.3. The van der Waals surface area contributed by atoms with Gasteiger partial charge in [0.25, 0.3) is 0 Å². The molecule has 6 nitrogen and oxygen atoms in total. The van der Waals surface area contributed by atoms with Crippen molar-refractivity contribution in [1.29, 1.82) is 0 Å². The van der Waals surface area contributed by atoms with Crippen molar-refractivity contribution >= 4 is 11.9 Å². The molecule has 2 unspecified atom stereocenters. The third kappa shape index (κ3) is 3.91. The Morgan fingerprint density at radius 3 is 2.54 bits per heavy atom. The Bertz CT molecular complexity index is 480. The zero-order valence-corrected chi connectivity index (χ0v) is 15.2. The molecule has 0 aromatic heterocycles. The van der Waals surface area contributed by atoms with E-state index in [1.807, 2.05) is 20.8 Å². The Kier molecular flexibility index (Phi) is 5.91. The minimum Gasteiger partial charge on any atom is -0.480 e. The van der Waals surface area contributed by atoms with Gasteiger partial charge in [-0.15, -0.1) is 0 Å². The minimum atomic E-state index is -1.51. The van der Waals surface area contributed by atoms with Crippen LogP contribution in [0.15, 0.2) is 0 Å². The van der Waals surface area contributed by atoms with Crippen molar-refractivity contribution in [3.8, 4) is 0 Å².